The Morgan fingerprint density at radius 3 is 2.35 bits per heavy atom. The molecule has 1 heterocycles. The van der Waals surface area contributed by atoms with Crippen LogP contribution >= 0.6 is 0 Å². The van der Waals surface area contributed by atoms with E-state index in [0.29, 0.717) is 42.3 Å². The lowest BCUT2D eigenvalue weighted by Crippen LogP contribution is -2.35. The highest BCUT2D eigenvalue weighted by molar-refractivity contribution is 6.46. The zero-order valence-electron chi connectivity index (χ0n) is 21.6. The quantitative estimate of drug-likeness (QED) is 0.264. The summed E-state index contributed by atoms with van der Waals surface area (Å²) in [5.74, 6) is -0.364. The predicted molar refractivity (Wildman–Crippen MR) is 143 cm³/mol. The maximum atomic E-state index is 13.3. The number of para-hydroxylation sites is 1. The number of amides is 1. The van der Waals surface area contributed by atoms with Gasteiger partial charge in [-0.2, -0.15) is 0 Å². The second-order valence-corrected chi connectivity index (χ2v) is 9.29. The normalized spacial score (nSPS) is 16.9. The molecule has 3 aromatic rings. The number of hydrogen-bond donors (Lipinski definition) is 1. The van der Waals surface area contributed by atoms with Crippen molar-refractivity contribution < 1.29 is 24.2 Å². The Morgan fingerprint density at radius 1 is 0.973 bits per heavy atom. The largest absolute Gasteiger partial charge is 0.507 e. The molecule has 37 heavy (non-hydrogen) atoms. The molecule has 0 aliphatic carbocycles. The summed E-state index contributed by atoms with van der Waals surface area (Å²) in [5.41, 5.74) is 2.98. The monoisotopic (exact) mass is 500 g/mol. The van der Waals surface area contributed by atoms with Gasteiger partial charge in [0, 0.05) is 24.2 Å². The first-order chi connectivity index (χ1) is 17.8. The number of likely N-dealkylation sites (N-methyl/N-ethyl adjacent to an activating group) is 1. The number of hydrogen-bond acceptors (Lipinski definition) is 6. The van der Waals surface area contributed by atoms with Crippen molar-refractivity contribution in [3.8, 4) is 11.5 Å². The summed E-state index contributed by atoms with van der Waals surface area (Å²) in [6, 6.07) is 21.6. The molecule has 3 aromatic carbocycles. The van der Waals surface area contributed by atoms with Gasteiger partial charge in [0.2, 0.25) is 0 Å². The van der Waals surface area contributed by atoms with E-state index in [1.54, 1.807) is 31.4 Å². The Bertz CT molecular complexity index is 1320. The van der Waals surface area contributed by atoms with Crippen LogP contribution in [0.4, 0.5) is 0 Å². The highest BCUT2D eigenvalue weighted by Gasteiger charge is 2.46. The minimum atomic E-state index is -0.773. The topological polar surface area (TPSA) is 79.3 Å². The second kappa shape index (κ2) is 11.3. The van der Waals surface area contributed by atoms with Gasteiger partial charge in [-0.3, -0.25) is 9.59 Å². The molecule has 0 radical (unpaired) electrons. The van der Waals surface area contributed by atoms with Gasteiger partial charge in [-0.1, -0.05) is 48.5 Å². The van der Waals surface area contributed by atoms with Crippen molar-refractivity contribution in [2.45, 2.75) is 19.6 Å². The fourth-order valence-corrected chi connectivity index (χ4v) is 4.48. The molecule has 1 aliphatic rings. The van der Waals surface area contributed by atoms with E-state index in [9.17, 15) is 14.7 Å². The van der Waals surface area contributed by atoms with Gasteiger partial charge in [0.25, 0.3) is 11.7 Å². The first-order valence-corrected chi connectivity index (χ1v) is 12.2. The van der Waals surface area contributed by atoms with Crippen molar-refractivity contribution in [1.82, 2.24) is 9.80 Å². The van der Waals surface area contributed by atoms with Crippen molar-refractivity contribution in [2.75, 3.05) is 34.3 Å². The molecule has 1 amide bonds. The molecular weight excluding hydrogens is 468 g/mol. The molecule has 192 valence electrons. The molecule has 0 aromatic heterocycles. The number of aliphatic hydroxyl groups is 1. The lowest BCUT2D eigenvalue weighted by Gasteiger charge is -2.27. The molecule has 1 saturated heterocycles. The summed E-state index contributed by atoms with van der Waals surface area (Å²) in [6.45, 7) is 3.18. The van der Waals surface area contributed by atoms with Crippen molar-refractivity contribution in [3.63, 3.8) is 0 Å². The Hall–Kier alpha value is -4.10. The van der Waals surface area contributed by atoms with E-state index < -0.39 is 17.7 Å². The summed E-state index contributed by atoms with van der Waals surface area (Å²) >= 11 is 0. The molecule has 0 saturated carbocycles. The van der Waals surface area contributed by atoms with Gasteiger partial charge in [0.1, 0.15) is 23.9 Å². The highest BCUT2D eigenvalue weighted by atomic mass is 16.5. The third-order valence-corrected chi connectivity index (χ3v) is 6.45. The maximum Gasteiger partial charge on any atom is 0.295 e. The summed E-state index contributed by atoms with van der Waals surface area (Å²) in [7, 11) is 5.35. The number of ether oxygens (including phenoxy) is 2. The minimum absolute atomic E-state index is 0.0469. The molecule has 1 N–H and O–H groups in total. The molecular formula is C30H32N2O5. The van der Waals surface area contributed by atoms with Gasteiger partial charge in [0.05, 0.1) is 18.7 Å². The van der Waals surface area contributed by atoms with Crippen LogP contribution in [0.2, 0.25) is 0 Å². The van der Waals surface area contributed by atoms with Crippen LogP contribution in [0.1, 0.15) is 28.3 Å². The van der Waals surface area contributed by atoms with E-state index in [1.807, 2.05) is 74.4 Å². The highest BCUT2D eigenvalue weighted by Crippen LogP contribution is 2.42. The van der Waals surface area contributed by atoms with Crippen molar-refractivity contribution in [1.29, 1.82) is 0 Å². The summed E-state index contributed by atoms with van der Waals surface area (Å²) in [6.07, 6.45) is 0. The molecule has 0 bridgehead atoms. The summed E-state index contributed by atoms with van der Waals surface area (Å²) < 4.78 is 11.5. The average Bonchev–Trinajstić information content (AvgIpc) is 3.16. The molecule has 7 nitrogen and oxygen atoms in total. The molecule has 1 unspecified atom stereocenters. The number of carbonyl (C=O) groups excluding carboxylic acids is 2. The SMILES string of the molecule is COc1ccccc1C1/C(=C(\O)c2ccc(OCc3ccccc3)c(C)c2)C(=O)C(=O)N1CCN(C)C. The molecule has 1 fully saturated rings. The molecule has 1 aliphatic heterocycles. The van der Waals surface area contributed by atoms with Crippen molar-refractivity contribution in [3.05, 3.63) is 101 Å². The third-order valence-electron chi connectivity index (χ3n) is 6.45. The first-order valence-electron chi connectivity index (χ1n) is 12.2. The van der Waals surface area contributed by atoms with Crippen molar-refractivity contribution in [2.24, 2.45) is 0 Å². The van der Waals surface area contributed by atoms with Crippen LogP contribution in [0.5, 0.6) is 11.5 Å². The van der Waals surface area contributed by atoms with Crippen LogP contribution < -0.4 is 9.47 Å². The third kappa shape index (κ3) is 5.52. The van der Waals surface area contributed by atoms with Crippen LogP contribution in [-0.2, 0) is 16.2 Å². The minimum Gasteiger partial charge on any atom is -0.507 e. The summed E-state index contributed by atoms with van der Waals surface area (Å²) in [4.78, 5) is 29.9. The van der Waals surface area contributed by atoms with Gasteiger partial charge in [-0.15, -0.1) is 0 Å². The van der Waals surface area contributed by atoms with Crippen LogP contribution in [0.25, 0.3) is 5.76 Å². The molecule has 0 spiro atoms. The summed E-state index contributed by atoms with van der Waals surface area (Å²) in [5, 5.41) is 11.4. The number of aryl methyl sites for hydroxylation is 1. The van der Waals surface area contributed by atoms with Crippen molar-refractivity contribution >= 4 is 17.4 Å². The standard InChI is InChI=1S/C30H32N2O5/c1-20-18-22(14-15-24(20)37-19-21-10-6-5-7-11-21)28(33)26-27(23-12-8-9-13-25(23)36-4)32(17-16-31(2)3)30(35)29(26)34/h5-15,18,27,33H,16-17,19H2,1-4H3/b28-26+. The number of nitrogens with zero attached hydrogens (tertiary/aromatic N) is 2. The number of Topliss-reactive ketones (excluding diaryl/α,β-unsaturated/α-hetero) is 1. The second-order valence-electron chi connectivity index (χ2n) is 9.29. The molecule has 1 atom stereocenters. The lowest BCUT2D eigenvalue weighted by molar-refractivity contribution is -0.140. The van der Waals surface area contributed by atoms with E-state index in [4.69, 9.17) is 9.47 Å². The first kappa shape index (κ1) is 26.0. The van der Waals surface area contributed by atoms with E-state index >= 15 is 0 Å². The fourth-order valence-electron chi connectivity index (χ4n) is 4.48. The van der Waals surface area contributed by atoms with Gasteiger partial charge < -0.3 is 24.4 Å². The number of methoxy groups -OCH3 is 1. The Balaban J connectivity index is 1.73. The number of ketones is 1. The van der Waals surface area contributed by atoms with E-state index in [-0.39, 0.29) is 11.3 Å². The lowest BCUT2D eigenvalue weighted by atomic mass is 9.94. The zero-order chi connectivity index (χ0) is 26.5. The Morgan fingerprint density at radius 2 is 1.68 bits per heavy atom. The Labute approximate surface area is 217 Å². The Kier molecular flexibility index (Phi) is 7.94. The van der Waals surface area contributed by atoms with Crippen LogP contribution in [0.15, 0.2) is 78.4 Å². The van der Waals surface area contributed by atoms with Gasteiger partial charge in [-0.05, 0) is 56.4 Å². The number of likely N-dealkylation sites (tertiary alicyclic amines) is 1. The van der Waals surface area contributed by atoms with E-state index in [2.05, 4.69) is 0 Å². The number of rotatable bonds is 9. The predicted octanol–water partition coefficient (Wildman–Crippen LogP) is 4.57. The number of aliphatic hydroxyl groups excluding tert-OH is 1. The van der Waals surface area contributed by atoms with Gasteiger partial charge in [-0.25, -0.2) is 0 Å². The molecule has 4 rings (SSSR count). The number of carbonyl (C=O) groups is 2. The van der Waals surface area contributed by atoms with Gasteiger partial charge in [0.15, 0.2) is 0 Å². The smallest absolute Gasteiger partial charge is 0.295 e. The van der Waals surface area contributed by atoms with Gasteiger partial charge >= 0.3 is 0 Å². The molecule has 7 heteroatoms. The maximum absolute atomic E-state index is 13.3. The van der Waals surface area contributed by atoms with Crippen LogP contribution in [0, 0.1) is 6.92 Å². The average molecular weight is 501 g/mol. The number of benzene rings is 3. The zero-order valence-corrected chi connectivity index (χ0v) is 21.6. The van der Waals surface area contributed by atoms with E-state index in [0.717, 1.165) is 11.1 Å². The van der Waals surface area contributed by atoms with E-state index in [1.165, 1.54) is 4.90 Å². The fraction of sp³-hybridized carbons (Fsp3) is 0.267. The van der Waals surface area contributed by atoms with Crippen LogP contribution in [0.3, 0.4) is 0 Å². The van der Waals surface area contributed by atoms with Crippen LogP contribution in [-0.4, -0.2) is 60.9 Å².